The summed E-state index contributed by atoms with van der Waals surface area (Å²) in [6.07, 6.45) is 0.925. The van der Waals surface area contributed by atoms with E-state index in [0.29, 0.717) is 17.7 Å². The maximum atomic E-state index is 13.6. The summed E-state index contributed by atoms with van der Waals surface area (Å²) in [4.78, 5) is 27.0. The molecule has 0 fully saturated rings. The zero-order chi connectivity index (χ0) is 22.9. The van der Waals surface area contributed by atoms with Gasteiger partial charge in [-0.3, -0.25) is 9.59 Å². The first-order chi connectivity index (χ1) is 16.0. The quantitative estimate of drug-likeness (QED) is 0.348. The standard InChI is InChI=1S/C26H17F2N3O2/c27-21-7-3-8-22(28)20(21)14-29-30-25(32)18-12-10-16(11-13-18)15-31-23-9-2-5-17-4-1-6-19(24(17)23)26(31)33/h1-14H,15H2,(H,30,32)/b29-14+. The van der Waals surface area contributed by atoms with Crippen molar-refractivity contribution in [1.82, 2.24) is 5.43 Å². The van der Waals surface area contributed by atoms with Gasteiger partial charge in [-0.25, -0.2) is 14.2 Å². The highest BCUT2D eigenvalue weighted by molar-refractivity contribution is 6.24. The molecule has 1 aliphatic rings. The molecule has 0 unspecified atom stereocenters. The van der Waals surface area contributed by atoms with Gasteiger partial charge in [-0.2, -0.15) is 5.10 Å². The van der Waals surface area contributed by atoms with Gasteiger partial charge in [-0.15, -0.1) is 0 Å². The number of halogens is 2. The summed E-state index contributed by atoms with van der Waals surface area (Å²) in [5.74, 6) is -2.12. The van der Waals surface area contributed by atoms with Gasteiger partial charge < -0.3 is 4.90 Å². The van der Waals surface area contributed by atoms with Crippen molar-refractivity contribution < 1.29 is 18.4 Å². The average Bonchev–Trinajstić information content (AvgIpc) is 3.09. The van der Waals surface area contributed by atoms with E-state index < -0.39 is 17.5 Å². The molecule has 162 valence electrons. The zero-order valence-corrected chi connectivity index (χ0v) is 17.3. The van der Waals surface area contributed by atoms with Crippen LogP contribution in [0.1, 0.15) is 31.8 Å². The summed E-state index contributed by atoms with van der Waals surface area (Å²) in [5, 5.41) is 5.61. The molecule has 0 saturated heterocycles. The molecule has 0 saturated carbocycles. The number of amides is 2. The normalized spacial score (nSPS) is 12.7. The molecule has 5 nitrogen and oxygen atoms in total. The van der Waals surface area contributed by atoms with Crippen molar-refractivity contribution in [3.05, 3.63) is 113 Å². The predicted octanol–water partition coefficient (Wildman–Crippen LogP) is 5.04. The zero-order valence-electron chi connectivity index (χ0n) is 17.3. The maximum absolute atomic E-state index is 13.6. The van der Waals surface area contributed by atoms with Crippen molar-refractivity contribution in [2.75, 3.05) is 4.90 Å². The van der Waals surface area contributed by atoms with Gasteiger partial charge in [0, 0.05) is 16.5 Å². The van der Waals surface area contributed by atoms with Crippen LogP contribution in [0.4, 0.5) is 14.5 Å². The minimum absolute atomic E-state index is 0.0571. The van der Waals surface area contributed by atoms with Gasteiger partial charge in [0.2, 0.25) is 0 Å². The number of carbonyl (C=O) groups excluding carboxylic acids is 2. The summed E-state index contributed by atoms with van der Waals surface area (Å²) >= 11 is 0. The monoisotopic (exact) mass is 441 g/mol. The van der Waals surface area contributed by atoms with Crippen molar-refractivity contribution in [2.24, 2.45) is 5.10 Å². The smallest absolute Gasteiger partial charge is 0.271 e. The fourth-order valence-electron chi connectivity index (χ4n) is 3.93. The molecule has 0 atom stereocenters. The third-order valence-corrected chi connectivity index (χ3v) is 5.57. The molecule has 2 amide bonds. The minimum Gasteiger partial charge on any atom is -0.303 e. The molecule has 5 rings (SSSR count). The van der Waals surface area contributed by atoms with Crippen molar-refractivity contribution in [2.45, 2.75) is 6.54 Å². The summed E-state index contributed by atoms with van der Waals surface area (Å²) in [6, 6.07) is 21.7. The fraction of sp³-hybridized carbons (Fsp3) is 0.0385. The third-order valence-electron chi connectivity index (χ3n) is 5.57. The van der Waals surface area contributed by atoms with Crippen molar-refractivity contribution in [1.29, 1.82) is 0 Å². The van der Waals surface area contributed by atoms with Crippen molar-refractivity contribution >= 4 is 34.5 Å². The number of hydrogen-bond donors (Lipinski definition) is 1. The van der Waals surface area contributed by atoms with Crippen LogP contribution in [0.15, 0.2) is 84.0 Å². The van der Waals surface area contributed by atoms with E-state index in [4.69, 9.17) is 0 Å². The second kappa shape index (κ2) is 8.27. The van der Waals surface area contributed by atoms with E-state index in [1.54, 1.807) is 29.2 Å². The molecule has 0 aliphatic carbocycles. The van der Waals surface area contributed by atoms with Gasteiger partial charge in [0.1, 0.15) is 11.6 Å². The van der Waals surface area contributed by atoms with Gasteiger partial charge in [0.25, 0.3) is 11.8 Å². The van der Waals surface area contributed by atoms with Crippen LogP contribution < -0.4 is 10.3 Å². The Labute approximate surface area is 188 Å². The number of anilines is 1. The number of benzene rings is 4. The van der Waals surface area contributed by atoms with Crippen LogP contribution in [0.25, 0.3) is 10.8 Å². The van der Waals surface area contributed by atoms with Crippen molar-refractivity contribution in [3.8, 4) is 0 Å². The van der Waals surface area contributed by atoms with Crippen LogP contribution >= 0.6 is 0 Å². The summed E-state index contributed by atoms with van der Waals surface area (Å²) in [5.41, 5.74) is 4.65. The number of nitrogens with one attached hydrogen (secondary N) is 1. The van der Waals surface area contributed by atoms with Gasteiger partial charge in [-0.1, -0.05) is 42.5 Å². The van der Waals surface area contributed by atoms with E-state index in [2.05, 4.69) is 10.5 Å². The van der Waals surface area contributed by atoms with E-state index in [1.807, 2.05) is 36.4 Å². The number of nitrogens with zero attached hydrogens (tertiary/aromatic N) is 2. The lowest BCUT2D eigenvalue weighted by atomic mass is 10.1. The summed E-state index contributed by atoms with van der Waals surface area (Å²) < 4.78 is 27.2. The summed E-state index contributed by atoms with van der Waals surface area (Å²) in [7, 11) is 0. The second-order valence-corrected chi connectivity index (χ2v) is 7.60. The van der Waals surface area contributed by atoms with E-state index in [-0.39, 0.29) is 11.5 Å². The van der Waals surface area contributed by atoms with E-state index in [0.717, 1.165) is 40.4 Å². The Morgan fingerprint density at radius 3 is 2.30 bits per heavy atom. The van der Waals surface area contributed by atoms with Crippen LogP contribution in [-0.4, -0.2) is 18.0 Å². The second-order valence-electron chi connectivity index (χ2n) is 7.60. The predicted molar refractivity (Wildman–Crippen MR) is 122 cm³/mol. The van der Waals surface area contributed by atoms with Gasteiger partial charge in [0.15, 0.2) is 0 Å². The minimum atomic E-state index is -0.772. The lowest BCUT2D eigenvalue weighted by Gasteiger charge is -2.18. The van der Waals surface area contributed by atoms with Gasteiger partial charge >= 0.3 is 0 Å². The first kappa shape index (κ1) is 20.5. The summed E-state index contributed by atoms with van der Waals surface area (Å²) in [6.45, 7) is 0.360. The Morgan fingerprint density at radius 1 is 0.909 bits per heavy atom. The molecule has 33 heavy (non-hydrogen) atoms. The van der Waals surface area contributed by atoms with Crippen molar-refractivity contribution in [3.63, 3.8) is 0 Å². The molecule has 1 aliphatic heterocycles. The van der Waals surface area contributed by atoms with E-state index >= 15 is 0 Å². The molecule has 0 bridgehead atoms. The lowest BCUT2D eigenvalue weighted by Crippen LogP contribution is -2.26. The molecule has 0 aromatic heterocycles. The molecule has 4 aromatic carbocycles. The number of rotatable bonds is 5. The SMILES string of the molecule is O=C(N/N=C/c1c(F)cccc1F)c1ccc(CN2C(=O)c3cccc4cccc2c34)cc1. The first-order valence-electron chi connectivity index (χ1n) is 10.2. The Balaban J connectivity index is 1.29. The maximum Gasteiger partial charge on any atom is 0.271 e. The molecular weight excluding hydrogens is 424 g/mol. The highest BCUT2D eigenvalue weighted by Crippen LogP contribution is 2.37. The Bertz CT molecular complexity index is 1410. The number of hydrazone groups is 1. The Kier molecular flexibility index (Phi) is 5.14. The highest BCUT2D eigenvalue weighted by Gasteiger charge is 2.29. The molecule has 0 radical (unpaired) electrons. The average molecular weight is 441 g/mol. The Morgan fingerprint density at radius 2 is 1.58 bits per heavy atom. The molecular formula is C26H17F2N3O2. The van der Waals surface area contributed by atoms with E-state index in [1.165, 1.54) is 6.07 Å². The molecule has 1 N–H and O–H groups in total. The topological polar surface area (TPSA) is 61.8 Å². The molecule has 7 heteroatoms. The largest absolute Gasteiger partial charge is 0.303 e. The third kappa shape index (κ3) is 3.74. The van der Waals surface area contributed by atoms with Crippen LogP contribution in [0.5, 0.6) is 0 Å². The Hall–Kier alpha value is -4.39. The molecule has 1 heterocycles. The fourth-order valence-corrected chi connectivity index (χ4v) is 3.93. The number of carbonyl (C=O) groups is 2. The highest BCUT2D eigenvalue weighted by atomic mass is 19.1. The van der Waals surface area contributed by atoms with Gasteiger partial charge in [0.05, 0.1) is 24.0 Å². The lowest BCUT2D eigenvalue weighted by molar-refractivity contribution is 0.0953. The molecule has 0 spiro atoms. The number of hydrogen-bond acceptors (Lipinski definition) is 3. The van der Waals surface area contributed by atoms with E-state index in [9.17, 15) is 18.4 Å². The first-order valence-corrected chi connectivity index (χ1v) is 10.2. The van der Waals surface area contributed by atoms with Crippen LogP contribution in [-0.2, 0) is 6.54 Å². The molecule has 4 aromatic rings. The van der Waals surface area contributed by atoms with Crippen LogP contribution in [0, 0.1) is 11.6 Å². The van der Waals surface area contributed by atoms with Crippen LogP contribution in [0.3, 0.4) is 0 Å². The van der Waals surface area contributed by atoms with Crippen LogP contribution in [0.2, 0.25) is 0 Å². The van der Waals surface area contributed by atoms with Gasteiger partial charge in [-0.05, 0) is 47.3 Å².